The van der Waals surface area contributed by atoms with Gasteiger partial charge in [0.2, 0.25) is 0 Å². The molecule has 1 aliphatic heterocycles. The van der Waals surface area contributed by atoms with Crippen LogP contribution in [0.2, 0.25) is 0 Å². The van der Waals surface area contributed by atoms with Gasteiger partial charge in [-0.3, -0.25) is 4.99 Å². The summed E-state index contributed by atoms with van der Waals surface area (Å²) in [6, 6.07) is 4.85. The Morgan fingerprint density at radius 1 is 1.46 bits per heavy atom. The van der Waals surface area contributed by atoms with Crippen molar-refractivity contribution in [3.05, 3.63) is 22.4 Å². The van der Waals surface area contributed by atoms with Crippen LogP contribution in [0.4, 0.5) is 0 Å². The zero-order valence-electron chi connectivity index (χ0n) is 15.3. The molecule has 1 aromatic heterocycles. The third-order valence-electron chi connectivity index (χ3n) is 4.51. The molecule has 0 radical (unpaired) electrons. The van der Waals surface area contributed by atoms with Crippen LogP contribution >= 0.6 is 11.3 Å². The van der Waals surface area contributed by atoms with E-state index in [2.05, 4.69) is 45.0 Å². The predicted octanol–water partition coefficient (Wildman–Crippen LogP) is 2.20. The molecule has 0 aliphatic carbocycles. The summed E-state index contributed by atoms with van der Waals surface area (Å²) < 4.78 is 5.16. The van der Waals surface area contributed by atoms with Gasteiger partial charge in [-0.25, -0.2) is 0 Å². The van der Waals surface area contributed by atoms with Gasteiger partial charge in [-0.2, -0.15) is 0 Å². The number of piperidine rings is 1. The van der Waals surface area contributed by atoms with Crippen LogP contribution in [0.25, 0.3) is 0 Å². The molecule has 24 heavy (non-hydrogen) atoms. The van der Waals surface area contributed by atoms with Gasteiger partial charge in [-0.05, 0) is 36.6 Å². The molecule has 2 heterocycles. The number of hydrogen-bond donors (Lipinski definition) is 2. The van der Waals surface area contributed by atoms with Crippen molar-refractivity contribution in [1.82, 2.24) is 15.5 Å². The third-order valence-corrected chi connectivity index (χ3v) is 5.41. The van der Waals surface area contributed by atoms with Crippen molar-refractivity contribution < 1.29 is 4.74 Å². The fraction of sp³-hybridized carbons (Fsp3) is 0.722. The normalized spacial score (nSPS) is 18.5. The summed E-state index contributed by atoms with van der Waals surface area (Å²) in [5.41, 5.74) is 0. The van der Waals surface area contributed by atoms with Crippen LogP contribution in [0.5, 0.6) is 0 Å². The van der Waals surface area contributed by atoms with Crippen molar-refractivity contribution in [3.8, 4) is 0 Å². The van der Waals surface area contributed by atoms with Crippen molar-refractivity contribution in [3.63, 3.8) is 0 Å². The third kappa shape index (κ3) is 6.79. The molecule has 1 aliphatic rings. The van der Waals surface area contributed by atoms with Crippen molar-refractivity contribution in [2.45, 2.75) is 32.2 Å². The standard InChI is InChI=1S/C18H32N4OS/c1-15(13-17-5-4-12-24-17)14-20-18(19-2)21-16-6-8-22(9-7-16)10-11-23-3/h4-5,12,15-16H,6-11,13-14H2,1-3H3,(H2,19,20,21). The van der Waals surface area contributed by atoms with Gasteiger partial charge in [0.25, 0.3) is 0 Å². The first-order valence-electron chi connectivity index (χ1n) is 8.92. The summed E-state index contributed by atoms with van der Waals surface area (Å²) in [6.07, 6.45) is 3.45. The van der Waals surface area contributed by atoms with E-state index in [9.17, 15) is 0 Å². The Labute approximate surface area is 150 Å². The summed E-state index contributed by atoms with van der Waals surface area (Å²) in [5.74, 6) is 1.53. The fourth-order valence-electron chi connectivity index (χ4n) is 3.02. The highest BCUT2D eigenvalue weighted by atomic mass is 32.1. The van der Waals surface area contributed by atoms with Crippen LogP contribution in [0.1, 0.15) is 24.6 Å². The first-order chi connectivity index (χ1) is 11.7. The second kappa shape index (κ2) is 10.7. The molecule has 0 aromatic carbocycles. The predicted molar refractivity (Wildman–Crippen MR) is 103 cm³/mol. The number of likely N-dealkylation sites (tertiary alicyclic amines) is 1. The molecule has 0 amide bonds. The van der Waals surface area contributed by atoms with Crippen molar-refractivity contribution in [2.24, 2.45) is 10.9 Å². The number of methoxy groups -OCH3 is 1. The lowest BCUT2D eigenvalue weighted by Crippen LogP contribution is -2.49. The van der Waals surface area contributed by atoms with Crippen LogP contribution < -0.4 is 10.6 Å². The molecule has 0 bridgehead atoms. The topological polar surface area (TPSA) is 48.9 Å². The molecule has 1 fully saturated rings. The molecule has 1 unspecified atom stereocenters. The van der Waals surface area contributed by atoms with E-state index in [0.717, 1.165) is 58.0 Å². The van der Waals surface area contributed by atoms with Crippen LogP contribution in [-0.2, 0) is 11.2 Å². The first-order valence-corrected chi connectivity index (χ1v) is 9.80. The largest absolute Gasteiger partial charge is 0.383 e. The molecule has 2 N–H and O–H groups in total. The SMILES string of the molecule is CN=C(NCC(C)Cc1cccs1)NC1CCN(CCOC)CC1. The Kier molecular flexibility index (Phi) is 8.56. The van der Waals surface area contributed by atoms with Crippen LogP contribution in [0.15, 0.2) is 22.5 Å². The van der Waals surface area contributed by atoms with Crippen molar-refractivity contribution in [2.75, 3.05) is 46.9 Å². The molecule has 1 aromatic rings. The first kappa shape index (κ1) is 19.2. The van der Waals surface area contributed by atoms with E-state index in [4.69, 9.17) is 4.74 Å². The quantitative estimate of drug-likeness (QED) is 0.556. The molecule has 2 rings (SSSR count). The number of hydrogen-bond acceptors (Lipinski definition) is 4. The van der Waals surface area contributed by atoms with E-state index < -0.39 is 0 Å². The number of aliphatic imine (C=N–C) groups is 1. The zero-order chi connectivity index (χ0) is 17.2. The smallest absolute Gasteiger partial charge is 0.191 e. The van der Waals surface area contributed by atoms with E-state index in [1.807, 2.05) is 18.4 Å². The van der Waals surface area contributed by atoms with Crippen molar-refractivity contribution >= 4 is 17.3 Å². The lowest BCUT2D eigenvalue weighted by atomic mass is 10.1. The molecule has 1 saturated heterocycles. The number of guanidine groups is 1. The maximum atomic E-state index is 5.16. The highest BCUT2D eigenvalue weighted by Crippen LogP contribution is 2.14. The fourth-order valence-corrected chi connectivity index (χ4v) is 3.89. The minimum Gasteiger partial charge on any atom is -0.383 e. The number of nitrogens with one attached hydrogen (secondary N) is 2. The maximum absolute atomic E-state index is 5.16. The Bertz CT molecular complexity index is 469. The summed E-state index contributed by atoms with van der Waals surface area (Å²) in [4.78, 5) is 8.31. The Balaban J connectivity index is 1.65. The van der Waals surface area contributed by atoms with Gasteiger partial charge in [0.15, 0.2) is 5.96 Å². The van der Waals surface area contributed by atoms with Gasteiger partial charge < -0.3 is 20.3 Å². The zero-order valence-corrected chi connectivity index (χ0v) is 16.1. The Morgan fingerprint density at radius 3 is 2.88 bits per heavy atom. The molecular weight excluding hydrogens is 320 g/mol. The molecule has 0 saturated carbocycles. The van der Waals surface area contributed by atoms with E-state index >= 15 is 0 Å². The Hall–Kier alpha value is -1.11. The lowest BCUT2D eigenvalue weighted by Gasteiger charge is -2.33. The van der Waals surface area contributed by atoms with Gasteiger partial charge in [0.1, 0.15) is 0 Å². The highest BCUT2D eigenvalue weighted by Gasteiger charge is 2.19. The van der Waals surface area contributed by atoms with Crippen molar-refractivity contribution in [1.29, 1.82) is 0 Å². The average molecular weight is 353 g/mol. The van der Waals surface area contributed by atoms with E-state index in [1.165, 1.54) is 4.88 Å². The molecule has 0 spiro atoms. The summed E-state index contributed by atoms with van der Waals surface area (Å²) in [6.45, 7) is 7.36. The lowest BCUT2D eigenvalue weighted by molar-refractivity contribution is 0.128. The second-order valence-electron chi connectivity index (χ2n) is 6.59. The Morgan fingerprint density at radius 2 is 2.25 bits per heavy atom. The van der Waals surface area contributed by atoms with Gasteiger partial charge in [-0.15, -0.1) is 11.3 Å². The molecule has 5 nitrogen and oxygen atoms in total. The van der Waals surface area contributed by atoms with E-state index in [0.29, 0.717) is 12.0 Å². The van der Waals surface area contributed by atoms with Crippen LogP contribution in [0.3, 0.4) is 0 Å². The number of rotatable bonds is 8. The van der Waals surface area contributed by atoms with E-state index in [-0.39, 0.29) is 0 Å². The van der Waals surface area contributed by atoms with Gasteiger partial charge in [0.05, 0.1) is 6.61 Å². The minimum atomic E-state index is 0.516. The van der Waals surface area contributed by atoms with Crippen LogP contribution in [0, 0.1) is 5.92 Å². The number of ether oxygens (including phenoxy) is 1. The minimum absolute atomic E-state index is 0.516. The maximum Gasteiger partial charge on any atom is 0.191 e. The molecule has 6 heteroatoms. The van der Waals surface area contributed by atoms with Gasteiger partial charge in [-0.1, -0.05) is 13.0 Å². The molecule has 136 valence electrons. The number of thiophene rings is 1. The molecular formula is C18H32N4OS. The van der Waals surface area contributed by atoms with Gasteiger partial charge in [0, 0.05) is 51.3 Å². The average Bonchev–Trinajstić information content (AvgIpc) is 3.10. The van der Waals surface area contributed by atoms with Gasteiger partial charge >= 0.3 is 0 Å². The number of nitrogens with zero attached hydrogens (tertiary/aromatic N) is 2. The monoisotopic (exact) mass is 352 g/mol. The summed E-state index contributed by atoms with van der Waals surface area (Å²) >= 11 is 1.84. The van der Waals surface area contributed by atoms with E-state index in [1.54, 1.807) is 7.11 Å². The second-order valence-corrected chi connectivity index (χ2v) is 7.63. The summed E-state index contributed by atoms with van der Waals surface area (Å²) in [7, 11) is 3.62. The highest BCUT2D eigenvalue weighted by molar-refractivity contribution is 7.09. The molecule has 1 atom stereocenters. The summed E-state index contributed by atoms with van der Waals surface area (Å²) in [5, 5.41) is 9.21. The van der Waals surface area contributed by atoms with Crippen LogP contribution in [-0.4, -0.2) is 63.8 Å².